The van der Waals surface area contributed by atoms with E-state index >= 15 is 0 Å². The zero-order valence-corrected chi connectivity index (χ0v) is 14.4. The predicted molar refractivity (Wildman–Crippen MR) is 96.0 cm³/mol. The van der Waals surface area contributed by atoms with Crippen molar-refractivity contribution in [2.45, 2.75) is 13.3 Å². The summed E-state index contributed by atoms with van der Waals surface area (Å²) in [6.45, 7) is 2.03. The first kappa shape index (κ1) is 16.6. The van der Waals surface area contributed by atoms with Crippen molar-refractivity contribution in [1.29, 1.82) is 0 Å². The molecule has 1 heterocycles. The van der Waals surface area contributed by atoms with Gasteiger partial charge in [0.05, 0.1) is 22.8 Å². The Labute approximate surface area is 148 Å². The fraction of sp³-hybridized carbons (Fsp3) is 0.111. The van der Waals surface area contributed by atoms with E-state index in [1.54, 1.807) is 0 Å². The number of benzene rings is 2. The van der Waals surface area contributed by atoms with Crippen LogP contribution in [0.2, 0.25) is 5.02 Å². The molecular weight excluding hydrogens is 347 g/mol. The van der Waals surface area contributed by atoms with Crippen molar-refractivity contribution in [3.63, 3.8) is 0 Å². The number of nitrogens with zero attached hydrogens (tertiary/aromatic N) is 1. The van der Waals surface area contributed by atoms with E-state index in [1.165, 1.54) is 23.5 Å². The van der Waals surface area contributed by atoms with Crippen LogP contribution in [0.1, 0.15) is 11.3 Å². The maximum atomic E-state index is 13.0. The molecule has 0 fully saturated rings. The van der Waals surface area contributed by atoms with Crippen LogP contribution in [0.4, 0.5) is 10.1 Å². The molecule has 0 aliphatic rings. The lowest BCUT2D eigenvalue weighted by atomic mass is 10.1. The van der Waals surface area contributed by atoms with Gasteiger partial charge in [-0.2, -0.15) is 0 Å². The number of hydrogen-bond donors (Lipinski definition) is 1. The Morgan fingerprint density at radius 2 is 2.12 bits per heavy atom. The maximum absolute atomic E-state index is 13.0. The smallest absolute Gasteiger partial charge is 0.230 e. The van der Waals surface area contributed by atoms with Crippen molar-refractivity contribution in [2.75, 3.05) is 5.32 Å². The van der Waals surface area contributed by atoms with Crippen LogP contribution in [-0.2, 0) is 11.2 Å². The molecule has 6 heteroatoms. The third-order valence-electron chi connectivity index (χ3n) is 3.36. The van der Waals surface area contributed by atoms with Crippen molar-refractivity contribution >= 4 is 34.5 Å². The Balaban J connectivity index is 1.69. The molecule has 0 bridgehead atoms. The molecule has 0 aliphatic heterocycles. The van der Waals surface area contributed by atoms with Gasteiger partial charge < -0.3 is 5.32 Å². The highest BCUT2D eigenvalue weighted by Gasteiger charge is 2.11. The average Bonchev–Trinajstić information content (AvgIpc) is 2.98. The number of hydrogen-bond acceptors (Lipinski definition) is 3. The number of nitrogens with one attached hydrogen (secondary N) is 1. The van der Waals surface area contributed by atoms with Gasteiger partial charge in [-0.1, -0.05) is 35.4 Å². The summed E-state index contributed by atoms with van der Waals surface area (Å²) >= 11 is 7.41. The highest BCUT2D eigenvalue weighted by molar-refractivity contribution is 7.13. The molecule has 1 N–H and O–H groups in total. The first-order chi connectivity index (χ1) is 11.5. The Kier molecular flexibility index (Phi) is 4.92. The molecule has 2 aromatic carbocycles. The first-order valence-corrected chi connectivity index (χ1v) is 8.53. The van der Waals surface area contributed by atoms with Crippen molar-refractivity contribution in [2.24, 2.45) is 0 Å². The zero-order chi connectivity index (χ0) is 17.1. The molecule has 3 rings (SSSR count). The molecule has 3 aromatic rings. The summed E-state index contributed by atoms with van der Waals surface area (Å²) in [6.07, 6.45) is 0.135. The Hall–Kier alpha value is -2.24. The molecule has 1 amide bonds. The number of carbonyl (C=O) groups is 1. The highest BCUT2D eigenvalue weighted by Crippen LogP contribution is 2.25. The Bertz CT molecular complexity index is 894. The molecule has 0 saturated carbocycles. The summed E-state index contributed by atoms with van der Waals surface area (Å²) in [5.41, 5.74) is 3.27. The molecule has 0 atom stereocenters. The third kappa shape index (κ3) is 3.99. The fourth-order valence-electron chi connectivity index (χ4n) is 2.25. The zero-order valence-electron chi connectivity index (χ0n) is 12.8. The van der Waals surface area contributed by atoms with Crippen LogP contribution in [0, 0.1) is 12.7 Å². The van der Waals surface area contributed by atoms with Gasteiger partial charge in [0, 0.05) is 10.9 Å². The number of aryl methyl sites for hydroxylation is 1. The van der Waals surface area contributed by atoms with Gasteiger partial charge in [-0.05, 0) is 31.2 Å². The Morgan fingerprint density at radius 3 is 2.88 bits per heavy atom. The fourth-order valence-corrected chi connectivity index (χ4v) is 3.28. The maximum Gasteiger partial charge on any atom is 0.230 e. The SMILES string of the molecule is Cc1cccc(-c2nc(CC(=O)Nc3ccc(F)cc3Cl)cs2)c1. The van der Waals surface area contributed by atoms with Crippen molar-refractivity contribution in [1.82, 2.24) is 4.98 Å². The van der Waals surface area contributed by atoms with Gasteiger partial charge in [0.2, 0.25) is 5.91 Å². The molecule has 0 aliphatic carbocycles. The normalized spacial score (nSPS) is 10.6. The second-order valence-electron chi connectivity index (χ2n) is 5.36. The van der Waals surface area contributed by atoms with E-state index in [2.05, 4.69) is 16.4 Å². The number of thiazole rings is 1. The third-order valence-corrected chi connectivity index (χ3v) is 4.62. The minimum absolute atomic E-state index is 0.135. The van der Waals surface area contributed by atoms with E-state index in [9.17, 15) is 9.18 Å². The number of anilines is 1. The lowest BCUT2D eigenvalue weighted by molar-refractivity contribution is -0.115. The van der Waals surface area contributed by atoms with Gasteiger partial charge in [-0.15, -0.1) is 11.3 Å². The van der Waals surface area contributed by atoms with Gasteiger partial charge >= 0.3 is 0 Å². The minimum Gasteiger partial charge on any atom is -0.324 e. The molecule has 0 radical (unpaired) electrons. The highest BCUT2D eigenvalue weighted by atomic mass is 35.5. The average molecular weight is 361 g/mol. The Morgan fingerprint density at radius 1 is 1.29 bits per heavy atom. The van der Waals surface area contributed by atoms with Gasteiger partial charge in [0.25, 0.3) is 0 Å². The topological polar surface area (TPSA) is 42.0 Å². The molecular formula is C18H14ClFN2OS. The van der Waals surface area contributed by atoms with Crippen LogP contribution < -0.4 is 5.32 Å². The lowest BCUT2D eigenvalue weighted by Gasteiger charge is -2.06. The van der Waals surface area contributed by atoms with Gasteiger partial charge in [0.1, 0.15) is 10.8 Å². The van der Waals surface area contributed by atoms with Crippen LogP contribution >= 0.6 is 22.9 Å². The van der Waals surface area contributed by atoms with E-state index in [-0.39, 0.29) is 17.4 Å². The van der Waals surface area contributed by atoms with Crippen LogP contribution in [0.5, 0.6) is 0 Å². The number of carbonyl (C=O) groups excluding carboxylic acids is 1. The van der Waals surface area contributed by atoms with Crippen LogP contribution in [0.25, 0.3) is 10.6 Å². The quantitative estimate of drug-likeness (QED) is 0.704. The summed E-state index contributed by atoms with van der Waals surface area (Å²) in [7, 11) is 0. The molecule has 1 aromatic heterocycles. The minimum atomic E-state index is -0.444. The number of halogens is 2. The van der Waals surface area contributed by atoms with E-state index < -0.39 is 5.82 Å². The standard InChI is InChI=1S/C18H14ClFN2OS/c1-11-3-2-4-12(7-11)18-21-14(10-24-18)9-17(23)22-16-6-5-13(20)8-15(16)19/h2-8,10H,9H2,1H3,(H,22,23). The number of amides is 1. The molecule has 3 nitrogen and oxygen atoms in total. The molecule has 122 valence electrons. The number of rotatable bonds is 4. The summed E-state index contributed by atoms with van der Waals surface area (Å²) in [5.74, 6) is -0.690. The lowest BCUT2D eigenvalue weighted by Crippen LogP contribution is -2.14. The van der Waals surface area contributed by atoms with Crippen LogP contribution in [0.3, 0.4) is 0 Å². The van der Waals surface area contributed by atoms with Gasteiger partial charge in [-0.3, -0.25) is 4.79 Å². The molecule has 24 heavy (non-hydrogen) atoms. The van der Waals surface area contributed by atoms with Crippen molar-refractivity contribution in [3.05, 3.63) is 69.9 Å². The largest absolute Gasteiger partial charge is 0.324 e. The first-order valence-electron chi connectivity index (χ1n) is 7.27. The molecule has 0 unspecified atom stereocenters. The molecule has 0 spiro atoms. The molecule has 0 saturated heterocycles. The van der Waals surface area contributed by atoms with Crippen LogP contribution in [-0.4, -0.2) is 10.9 Å². The number of aromatic nitrogens is 1. The summed E-state index contributed by atoms with van der Waals surface area (Å²) in [5, 5.41) is 5.58. The van der Waals surface area contributed by atoms with Crippen molar-refractivity contribution < 1.29 is 9.18 Å². The van der Waals surface area contributed by atoms with Gasteiger partial charge in [-0.25, -0.2) is 9.37 Å². The van der Waals surface area contributed by atoms with E-state index in [4.69, 9.17) is 11.6 Å². The second-order valence-corrected chi connectivity index (χ2v) is 6.63. The van der Waals surface area contributed by atoms with Crippen LogP contribution in [0.15, 0.2) is 47.8 Å². The summed E-state index contributed by atoms with van der Waals surface area (Å²) in [6, 6.07) is 11.9. The summed E-state index contributed by atoms with van der Waals surface area (Å²) in [4.78, 5) is 16.6. The van der Waals surface area contributed by atoms with Gasteiger partial charge in [0.15, 0.2) is 0 Å². The predicted octanol–water partition coefficient (Wildman–Crippen LogP) is 5.09. The van der Waals surface area contributed by atoms with E-state index in [1.807, 2.05) is 30.5 Å². The van der Waals surface area contributed by atoms with E-state index in [0.29, 0.717) is 11.4 Å². The summed E-state index contributed by atoms with van der Waals surface area (Å²) < 4.78 is 13.0. The monoisotopic (exact) mass is 360 g/mol. The van der Waals surface area contributed by atoms with Crippen molar-refractivity contribution in [3.8, 4) is 10.6 Å². The second kappa shape index (κ2) is 7.11. The van der Waals surface area contributed by atoms with E-state index in [0.717, 1.165) is 22.2 Å².